The Morgan fingerprint density at radius 2 is 1.84 bits per heavy atom. The molecule has 2 saturated heterocycles. The first-order chi connectivity index (χ1) is 14.8. The summed E-state index contributed by atoms with van der Waals surface area (Å²) in [7, 11) is -3.73. The van der Waals surface area contributed by atoms with E-state index in [-0.39, 0.29) is 17.7 Å². The molecule has 4 rings (SSSR count). The molecule has 0 spiro atoms. The maximum atomic E-state index is 13.1. The van der Waals surface area contributed by atoms with Crippen molar-refractivity contribution in [3.8, 4) is 0 Å². The van der Waals surface area contributed by atoms with Gasteiger partial charge in [-0.15, -0.1) is 0 Å². The molecule has 3 aliphatic rings. The van der Waals surface area contributed by atoms with E-state index in [2.05, 4.69) is 4.90 Å². The van der Waals surface area contributed by atoms with E-state index < -0.39 is 15.9 Å². The predicted molar refractivity (Wildman–Crippen MR) is 115 cm³/mol. The fourth-order valence-corrected chi connectivity index (χ4v) is 5.70. The Labute approximate surface area is 183 Å². The smallest absolute Gasteiger partial charge is 0.257 e. The van der Waals surface area contributed by atoms with Gasteiger partial charge in [-0.25, -0.2) is 12.7 Å². The van der Waals surface area contributed by atoms with Crippen LogP contribution in [0.1, 0.15) is 35.7 Å². The van der Waals surface area contributed by atoms with Crippen molar-refractivity contribution < 1.29 is 22.7 Å². The molecule has 8 nitrogen and oxygen atoms in total. The van der Waals surface area contributed by atoms with Gasteiger partial charge in [0.05, 0.1) is 25.2 Å². The topological polar surface area (TPSA) is 87.2 Å². The lowest BCUT2D eigenvalue weighted by atomic mass is 9.91. The van der Waals surface area contributed by atoms with Crippen LogP contribution in [0.4, 0.5) is 0 Å². The fraction of sp³-hybridized carbons (Fsp3) is 0.545. The highest BCUT2D eigenvalue weighted by Crippen LogP contribution is 2.42. The number of rotatable bonds is 6. The summed E-state index contributed by atoms with van der Waals surface area (Å²) in [4.78, 5) is 29.6. The maximum absolute atomic E-state index is 13.1. The first kappa shape index (κ1) is 22.0. The Hall–Kier alpha value is -2.23. The highest BCUT2D eigenvalue weighted by Gasteiger charge is 2.51. The molecule has 9 heteroatoms. The zero-order valence-corrected chi connectivity index (χ0v) is 18.8. The number of benzene rings is 1. The maximum Gasteiger partial charge on any atom is 0.257 e. The van der Waals surface area contributed by atoms with Crippen LogP contribution in [0.25, 0.3) is 0 Å². The van der Waals surface area contributed by atoms with Crippen LogP contribution >= 0.6 is 0 Å². The Bertz CT molecular complexity index is 983. The van der Waals surface area contributed by atoms with Gasteiger partial charge in [0.1, 0.15) is 0 Å². The first-order valence-electron chi connectivity index (χ1n) is 10.8. The molecule has 0 aromatic heterocycles. The number of sulfonamides is 1. The standard InChI is InChI=1S/C22H29N3O5S/c1-3-4-18-19-14-24(15-20(19)25(22(18)27)31(2,28)29)21(26)17-7-5-16(6-8-17)13-23-9-11-30-12-10-23/h5-8,15,18-19H,3-4,9-14H2,1-2H3/t18-,19-/m1/s1. The molecular weight excluding hydrogens is 418 g/mol. The van der Waals surface area contributed by atoms with Crippen LogP contribution < -0.4 is 0 Å². The van der Waals surface area contributed by atoms with Crippen molar-refractivity contribution in [3.63, 3.8) is 0 Å². The molecule has 0 N–H and O–H groups in total. The molecule has 1 aromatic rings. The van der Waals surface area contributed by atoms with E-state index in [1.807, 2.05) is 31.2 Å². The van der Waals surface area contributed by atoms with E-state index in [4.69, 9.17) is 4.74 Å². The molecule has 3 heterocycles. The van der Waals surface area contributed by atoms with Crippen LogP contribution in [0.3, 0.4) is 0 Å². The third-order valence-electron chi connectivity index (χ3n) is 6.20. The SMILES string of the molecule is CCC[C@H]1C(=O)N(S(C)(=O)=O)C2=CN(C(=O)c3ccc(CN4CCOCC4)cc3)C[C@@H]21. The minimum atomic E-state index is -3.73. The van der Waals surface area contributed by atoms with E-state index in [0.717, 1.165) is 55.4 Å². The van der Waals surface area contributed by atoms with E-state index in [1.54, 1.807) is 11.1 Å². The third kappa shape index (κ3) is 4.40. The van der Waals surface area contributed by atoms with Gasteiger partial charge in [-0.05, 0) is 24.1 Å². The number of nitrogens with zero attached hydrogens (tertiary/aromatic N) is 3. The average Bonchev–Trinajstić information content (AvgIpc) is 3.26. The van der Waals surface area contributed by atoms with Gasteiger partial charge < -0.3 is 9.64 Å². The van der Waals surface area contributed by atoms with Gasteiger partial charge in [-0.1, -0.05) is 25.5 Å². The lowest BCUT2D eigenvalue weighted by Crippen LogP contribution is -2.35. The summed E-state index contributed by atoms with van der Waals surface area (Å²) >= 11 is 0. The van der Waals surface area contributed by atoms with Crippen molar-refractivity contribution in [1.82, 2.24) is 14.1 Å². The predicted octanol–water partition coefficient (Wildman–Crippen LogP) is 1.65. The highest BCUT2D eigenvalue weighted by atomic mass is 32.2. The largest absolute Gasteiger partial charge is 0.379 e. The van der Waals surface area contributed by atoms with E-state index in [1.165, 1.54) is 0 Å². The highest BCUT2D eigenvalue weighted by molar-refractivity contribution is 7.89. The molecule has 3 aliphatic heterocycles. The van der Waals surface area contributed by atoms with Crippen molar-refractivity contribution >= 4 is 21.8 Å². The molecule has 0 radical (unpaired) electrons. The summed E-state index contributed by atoms with van der Waals surface area (Å²) in [6.45, 7) is 6.40. The summed E-state index contributed by atoms with van der Waals surface area (Å²) in [6.07, 6.45) is 3.96. The molecule has 0 aliphatic carbocycles. The van der Waals surface area contributed by atoms with Crippen LogP contribution in [0.5, 0.6) is 0 Å². The minimum absolute atomic E-state index is 0.184. The fourth-order valence-electron chi connectivity index (χ4n) is 4.67. The van der Waals surface area contributed by atoms with Crippen molar-refractivity contribution in [3.05, 3.63) is 47.3 Å². The number of amides is 2. The number of hydrogen-bond donors (Lipinski definition) is 0. The molecule has 31 heavy (non-hydrogen) atoms. The van der Waals surface area contributed by atoms with Crippen LogP contribution in [0, 0.1) is 11.8 Å². The zero-order chi connectivity index (χ0) is 22.2. The summed E-state index contributed by atoms with van der Waals surface area (Å²) in [5, 5.41) is 0. The number of fused-ring (bicyclic) bond motifs is 1. The molecular formula is C22H29N3O5S. The van der Waals surface area contributed by atoms with Crippen molar-refractivity contribution in [2.45, 2.75) is 26.3 Å². The molecule has 0 unspecified atom stereocenters. The van der Waals surface area contributed by atoms with Gasteiger partial charge in [0.25, 0.3) is 5.91 Å². The molecule has 2 amide bonds. The van der Waals surface area contributed by atoms with Gasteiger partial charge in [-0.2, -0.15) is 0 Å². The number of carbonyl (C=O) groups is 2. The lowest BCUT2D eigenvalue weighted by Gasteiger charge is -2.26. The average molecular weight is 448 g/mol. The Morgan fingerprint density at radius 3 is 2.45 bits per heavy atom. The second-order valence-electron chi connectivity index (χ2n) is 8.46. The van der Waals surface area contributed by atoms with Gasteiger partial charge in [0.15, 0.2) is 0 Å². The van der Waals surface area contributed by atoms with Gasteiger partial charge in [0, 0.05) is 49.8 Å². The van der Waals surface area contributed by atoms with Crippen molar-refractivity contribution in [2.24, 2.45) is 11.8 Å². The number of hydrogen-bond acceptors (Lipinski definition) is 6. The lowest BCUT2D eigenvalue weighted by molar-refractivity contribution is -0.127. The van der Waals surface area contributed by atoms with Crippen LogP contribution in [0.2, 0.25) is 0 Å². The quantitative estimate of drug-likeness (QED) is 0.659. The van der Waals surface area contributed by atoms with Gasteiger partial charge >= 0.3 is 0 Å². The minimum Gasteiger partial charge on any atom is -0.379 e. The second kappa shape index (κ2) is 8.72. The van der Waals surface area contributed by atoms with Gasteiger partial charge in [-0.3, -0.25) is 14.5 Å². The van der Waals surface area contributed by atoms with Crippen LogP contribution in [-0.2, 0) is 26.1 Å². The summed E-state index contributed by atoms with van der Waals surface area (Å²) < 4.78 is 30.7. The molecule has 168 valence electrons. The summed E-state index contributed by atoms with van der Waals surface area (Å²) in [5.41, 5.74) is 2.10. The van der Waals surface area contributed by atoms with E-state index >= 15 is 0 Å². The van der Waals surface area contributed by atoms with Gasteiger partial charge in [0.2, 0.25) is 15.9 Å². The first-order valence-corrected chi connectivity index (χ1v) is 12.6. The van der Waals surface area contributed by atoms with Crippen molar-refractivity contribution in [1.29, 1.82) is 0 Å². The summed E-state index contributed by atoms with van der Waals surface area (Å²) in [5.74, 6) is -1.23. The Kier molecular flexibility index (Phi) is 6.18. The Balaban J connectivity index is 1.50. The molecule has 2 fully saturated rings. The molecule has 2 atom stereocenters. The monoisotopic (exact) mass is 447 g/mol. The second-order valence-corrected chi connectivity index (χ2v) is 10.3. The molecule has 0 saturated carbocycles. The normalized spacial score (nSPS) is 24.5. The number of ether oxygens (including phenoxy) is 1. The van der Waals surface area contributed by atoms with Crippen LogP contribution in [-0.4, -0.2) is 73.4 Å². The van der Waals surface area contributed by atoms with E-state index in [0.29, 0.717) is 24.2 Å². The van der Waals surface area contributed by atoms with Crippen LogP contribution in [0.15, 0.2) is 36.2 Å². The third-order valence-corrected chi connectivity index (χ3v) is 7.26. The number of morpholine rings is 1. The van der Waals surface area contributed by atoms with Crippen molar-refractivity contribution in [2.75, 3.05) is 39.1 Å². The number of carbonyl (C=O) groups excluding carboxylic acids is 2. The Morgan fingerprint density at radius 1 is 1.16 bits per heavy atom. The van der Waals surface area contributed by atoms with E-state index in [9.17, 15) is 18.0 Å². The molecule has 1 aromatic carbocycles. The molecule has 0 bridgehead atoms. The zero-order valence-electron chi connectivity index (χ0n) is 18.0. The summed E-state index contributed by atoms with van der Waals surface area (Å²) in [6, 6.07) is 7.54.